The van der Waals surface area contributed by atoms with Crippen molar-refractivity contribution in [3.05, 3.63) is 106 Å². The lowest BCUT2D eigenvalue weighted by molar-refractivity contribution is 0.0611. The van der Waals surface area contributed by atoms with E-state index < -0.39 is 0 Å². The first-order valence-corrected chi connectivity index (χ1v) is 12.5. The number of amides is 3. The monoisotopic (exact) mass is 542 g/mol. The van der Waals surface area contributed by atoms with Gasteiger partial charge < -0.3 is 9.64 Å². The van der Waals surface area contributed by atoms with Gasteiger partial charge in [0.05, 0.1) is 6.61 Å². The minimum Gasteiger partial charge on any atom is -0.494 e. The van der Waals surface area contributed by atoms with Crippen LogP contribution in [0.1, 0.15) is 38.0 Å². The zero-order valence-corrected chi connectivity index (χ0v) is 21.2. The van der Waals surface area contributed by atoms with Crippen molar-refractivity contribution in [3.8, 4) is 5.75 Å². The molecule has 0 aromatic heterocycles. The first-order valence-electron chi connectivity index (χ1n) is 11.7. The summed E-state index contributed by atoms with van der Waals surface area (Å²) in [7, 11) is 0. The molecule has 0 saturated heterocycles. The first-order chi connectivity index (χ1) is 17.5. The molecule has 6 nitrogen and oxygen atoms in total. The van der Waals surface area contributed by atoms with Crippen molar-refractivity contribution in [3.63, 3.8) is 0 Å². The molecule has 0 atom stereocenters. The molecule has 0 bridgehead atoms. The van der Waals surface area contributed by atoms with Crippen molar-refractivity contribution in [2.45, 2.75) is 6.92 Å². The highest BCUT2D eigenvalue weighted by molar-refractivity contribution is 9.10. The average molecular weight is 543 g/mol. The molecule has 0 radical (unpaired) electrons. The number of hydrogen-bond donors (Lipinski definition) is 0. The standard InChI is InChI=1S/C29H23BrN2O4/c1-2-36-23-9-5-8-22(18-23)31(27(33)20-12-14-21(30)15-13-20)16-17-32-28(34)24-10-3-6-19-7-4-11-25(26(19)24)29(32)35/h3-15,18H,2,16-17H2,1H3. The molecule has 3 amide bonds. The molecule has 1 heterocycles. The van der Waals surface area contributed by atoms with Crippen molar-refractivity contribution in [2.75, 3.05) is 24.6 Å². The minimum absolute atomic E-state index is 0.0452. The van der Waals surface area contributed by atoms with E-state index in [9.17, 15) is 14.4 Å². The Labute approximate surface area is 217 Å². The predicted octanol–water partition coefficient (Wildman–Crippen LogP) is 5.94. The Balaban J connectivity index is 1.48. The van der Waals surface area contributed by atoms with Crippen molar-refractivity contribution >= 4 is 50.1 Å². The summed E-state index contributed by atoms with van der Waals surface area (Å²) in [5.74, 6) is -0.322. The Kier molecular flexibility index (Phi) is 6.57. The number of halogens is 1. The SMILES string of the molecule is CCOc1cccc(N(CCN2C(=O)c3cccc4cccc(c34)C2=O)C(=O)c2ccc(Br)cc2)c1. The van der Waals surface area contributed by atoms with Crippen molar-refractivity contribution in [2.24, 2.45) is 0 Å². The van der Waals surface area contributed by atoms with Gasteiger partial charge in [0.1, 0.15) is 5.75 Å². The molecule has 4 aromatic carbocycles. The lowest BCUT2D eigenvalue weighted by atomic mass is 9.94. The fourth-order valence-corrected chi connectivity index (χ4v) is 4.75. The maximum atomic E-state index is 13.6. The summed E-state index contributed by atoms with van der Waals surface area (Å²) in [5.41, 5.74) is 2.10. The van der Waals surface area contributed by atoms with E-state index in [1.165, 1.54) is 4.90 Å². The second-order valence-electron chi connectivity index (χ2n) is 8.37. The largest absolute Gasteiger partial charge is 0.494 e. The zero-order chi connectivity index (χ0) is 25.2. The number of ether oxygens (including phenoxy) is 1. The molecule has 0 unspecified atom stereocenters. The summed E-state index contributed by atoms with van der Waals surface area (Å²) in [4.78, 5) is 43.1. The van der Waals surface area contributed by atoms with Gasteiger partial charge in [0.25, 0.3) is 17.7 Å². The molecular formula is C29H23BrN2O4. The Hall–Kier alpha value is -3.97. The normalized spacial score (nSPS) is 12.7. The van der Waals surface area contributed by atoms with Gasteiger partial charge in [-0.1, -0.05) is 46.3 Å². The fourth-order valence-electron chi connectivity index (χ4n) is 4.49. The lowest BCUT2D eigenvalue weighted by Gasteiger charge is -2.30. The van der Waals surface area contributed by atoms with Crippen LogP contribution in [0.15, 0.2) is 89.4 Å². The van der Waals surface area contributed by atoms with Crippen LogP contribution < -0.4 is 9.64 Å². The smallest absolute Gasteiger partial charge is 0.261 e. The summed E-state index contributed by atoms with van der Waals surface area (Å²) >= 11 is 3.40. The molecule has 180 valence electrons. The second kappa shape index (κ2) is 9.95. The number of rotatable bonds is 7. The van der Waals surface area contributed by atoms with Gasteiger partial charge in [0.15, 0.2) is 0 Å². The molecule has 0 N–H and O–H groups in total. The summed E-state index contributed by atoms with van der Waals surface area (Å²) in [6, 6.07) is 25.2. The molecular weight excluding hydrogens is 520 g/mol. The highest BCUT2D eigenvalue weighted by Gasteiger charge is 2.33. The fraction of sp³-hybridized carbons (Fsp3) is 0.138. The zero-order valence-electron chi connectivity index (χ0n) is 19.6. The van der Waals surface area contributed by atoms with Gasteiger partial charge in [-0.3, -0.25) is 19.3 Å². The van der Waals surface area contributed by atoms with Crippen molar-refractivity contribution in [1.82, 2.24) is 4.90 Å². The van der Waals surface area contributed by atoms with Gasteiger partial charge in [-0.15, -0.1) is 0 Å². The van der Waals surface area contributed by atoms with E-state index in [4.69, 9.17) is 4.74 Å². The first kappa shape index (κ1) is 23.8. The number of benzene rings is 4. The van der Waals surface area contributed by atoms with E-state index in [0.29, 0.717) is 40.1 Å². The highest BCUT2D eigenvalue weighted by Crippen LogP contribution is 2.30. The van der Waals surface area contributed by atoms with Crippen molar-refractivity contribution < 1.29 is 19.1 Å². The van der Waals surface area contributed by atoms with Gasteiger partial charge >= 0.3 is 0 Å². The molecule has 7 heteroatoms. The number of nitrogens with zero attached hydrogens (tertiary/aromatic N) is 2. The second-order valence-corrected chi connectivity index (χ2v) is 9.28. The maximum absolute atomic E-state index is 13.6. The van der Waals surface area contributed by atoms with Crippen LogP contribution in [0, 0.1) is 0 Å². The Morgan fingerprint density at radius 3 is 2.17 bits per heavy atom. The van der Waals surface area contributed by atoms with E-state index in [-0.39, 0.29) is 30.8 Å². The highest BCUT2D eigenvalue weighted by atomic mass is 79.9. The Morgan fingerprint density at radius 2 is 1.53 bits per heavy atom. The Bertz CT molecular complexity index is 1430. The molecule has 0 fully saturated rings. The number of carbonyl (C=O) groups excluding carboxylic acids is 3. The van der Waals surface area contributed by atoms with Gasteiger partial charge in [-0.05, 0) is 60.8 Å². The van der Waals surface area contributed by atoms with Crippen LogP contribution in [0.25, 0.3) is 10.8 Å². The van der Waals surface area contributed by atoms with E-state index in [0.717, 1.165) is 9.86 Å². The molecule has 0 spiro atoms. The quantitative estimate of drug-likeness (QED) is 0.271. The number of anilines is 1. The van der Waals surface area contributed by atoms with E-state index in [1.54, 1.807) is 47.4 Å². The summed E-state index contributed by atoms with van der Waals surface area (Å²) in [5, 5.41) is 1.53. The van der Waals surface area contributed by atoms with Crippen LogP contribution in [0.5, 0.6) is 5.75 Å². The maximum Gasteiger partial charge on any atom is 0.261 e. The van der Waals surface area contributed by atoms with E-state index in [2.05, 4.69) is 15.9 Å². The van der Waals surface area contributed by atoms with Crippen LogP contribution in [-0.4, -0.2) is 42.3 Å². The molecule has 0 aliphatic carbocycles. The summed E-state index contributed by atoms with van der Waals surface area (Å²) in [6.07, 6.45) is 0. The predicted molar refractivity (Wildman–Crippen MR) is 143 cm³/mol. The van der Waals surface area contributed by atoms with Crippen LogP contribution >= 0.6 is 15.9 Å². The Morgan fingerprint density at radius 1 is 0.889 bits per heavy atom. The van der Waals surface area contributed by atoms with Gasteiger partial charge in [0.2, 0.25) is 0 Å². The molecule has 4 aromatic rings. The molecule has 36 heavy (non-hydrogen) atoms. The number of imide groups is 1. The van der Waals surface area contributed by atoms with Crippen LogP contribution in [0.2, 0.25) is 0 Å². The van der Waals surface area contributed by atoms with E-state index >= 15 is 0 Å². The third-order valence-electron chi connectivity index (χ3n) is 6.18. The van der Waals surface area contributed by atoms with E-state index in [1.807, 2.05) is 49.4 Å². The van der Waals surface area contributed by atoms with Crippen LogP contribution in [-0.2, 0) is 0 Å². The minimum atomic E-state index is -0.358. The number of hydrogen-bond acceptors (Lipinski definition) is 4. The molecule has 1 aliphatic heterocycles. The average Bonchev–Trinajstić information content (AvgIpc) is 2.89. The lowest BCUT2D eigenvalue weighted by Crippen LogP contribution is -2.46. The summed E-state index contributed by atoms with van der Waals surface area (Å²) in [6.45, 7) is 2.55. The topological polar surface area (TPSA) is 66.9 Å². The van der Waals surface area contributed by atoms with Crippen LogP contribution in [0.4, 0.5) is 5.69 Å². The van der Waals surface area contributed by atoms with Gasteiger partial charge in [0, 0.05) is 51.4 Å². The molecule has 0 saturated carbocycles. The van der Waals surface area contributed by atoms with Gasteiger partial charge in [-0.25, -0.2) is 0 Å². The molecule has 1 aliphatic rings. The summed E-state index contributed by atoms with van der Waals surface area (Å²) < 4.78 is 6.50. The third kappa shape index (κ3) is 4.38. The van der Waals surface area contributed by atoms with Gasteiger partial charge in [-0.2, -0.15) is 0 Å². The molecule has 5 rings (SSSR count). The number of carbonyl (C=O) groups is 3. The van der Waals surface area contributed by atoms with Crippen LogP contribution in [0.3, 0.4) is 0 Å². The third-order valence-corrected chi connectivity index (χ3v) is 6.71. The van der Waals surface area contributed by atoms with Crippen molar-refractivity contribution in [1.29, 1.82) is 0 Å².